The lowest BCUT2D eigenvalue weighted by atomic mass is 9.79. The summed E-state index contributed by atoms with van der Waals surface area (Å²) in [6.07, 6.45) is 8.89. The molecule has 178 valence electrons. The molecule has 35 heavy (non-hydrogen) atoms. The Bertz CT molecular complexity index is 1390. The van der Waals surface area contributed by atoms with Crippen LogP contribution in [0.25, 0.3) is 22.3 Å². The third-order valence-corrected chi connectivity index (χ3v) is 6.66. The van der Waals surface area contributed by atoms with E-state index in [1.807, 2.05) is 6.20 Å². The number of fused-ring (bicyclic) bond motifs is 1. The Morgan fingerprint density at radius 2 is 1.86 bits per heavy atom. The van der Waals surface area contributed by atoms with Crippen molar-refractivity contribution in [2.75, 3.05) is 36.4 Å². The van der Waals surface area contributed by atoms with E-state index in [9.17, 15) is 8.78 Å². The Kier molecular flexibility index (Phi) is 5.65. The highest BCUT2D eigenvalue weighted by atomic mass is 19.1. The van der Waals surface area contributed by atoms with E-state index in [4.69, 9.17) is 9.97 Å². The molecule has 1 aliphatic heterocycles. The molecule has 1 aliphatic carbocycles. The van der Waals surface area contributed by atoms with Gasteiger partial charge in [0.2, 0.25) is 5.95 Å². The molecule has 0 atom stereocenters. The number of halogens is 2. The van der Waals surface area contributed by atoms with Crippen LogP contribution < -0.4 is 15.5 Å². The van der Waals surface area contributed by atoms with Crippen LogP contribution in [0.2, 0.25) is 0 Å². The first-order valence-electron chi connectivity index (χ1n) is 11.8. The smallest absolute Gasteiger partial charge is 0.214 e. The van der Waals surface area contributed by atoms with E-state index < -0.39 is 11.8 Å². The number of pyridine rings is 3. The number of anilines is 3. The zero-order valence-electron chi connectivity index (χ0n) is 19.0. The number of nitrogens with one attached hydrogen (secondary N) is 2. The quantitative estimate of drug-likeness (QED) is 0.416. The second-order valence-corrected chi connectivity index (χ2v) is 8.88. The molecule has 4 aromatic heterocycles. The van der Waals surface area contributed by atoms with Crippen molar-refractivity contribution in [2.24, 2.45) is 0 Å². The number of hydrogen-bond donors (Lipinski definition) is 2. The Morgan fingerprint density at radius 1 is 1.00 bits per heavy atom. The molecule has 0 spiro atoms. The molecule has 0 aromatic carbocycles. The zero-order valence-corrected chi connectivity index (χ0v) is 19.0. The average Bonchev–Trinajstić information content (AvgIpc) is 2.85. The van der Waals surface area contributed by atoms with Crippen LogP contribution in [0.15, 0.2) is 42.9 Å². The van der Waals surface area contributed by atoms with Gasteiger partial charge in [-0.1, -0.05) is 6.42 Å². The monoisotopic (exact) mass is 474 g/mol. The predicted octanol–water partition coefficient (Wildman–Crippen LogP) is 4.18. The summed E-state index contributed by atoms with van der Waals surface area (Å²) in [6, 6.07) is 5.49. The fourth-order valence-electron chi connectivity index (χ4n) is 4.62. The molecule has 8 nitrogen and oxygen atoms in total. The highest BCUT2D eigenvalue weighted by molar-refractivity contribution is 5.94. The molecule has 0 amide bonds. The van der Waals surface area contributed by atoms with Gasteiger partial charge in [-0.2, -0.15) is 9.37 Å². The third-order valence-electron chi connectivity index (χ3n) is 6.66. The fraction of sp³-hybridized carbons (Fsp3) is 0.320. The van der Waals surface area contributed by atoms with Gasteiger partial charge in [0.1, 0.15) is 11.6 Å². The molecule has 4 aromatic rings. The molecule has 1 saturated carbocycles. The molecular weight excluding hydrogens is 450 g/mol. The Hall–Kier alpha value is -3.79. The number of hydrogen-bond acceptors (Lipinski definition) is 8. The van der Waals surface area contributed by atoms with E-state index in [-0.39, 0.29) is 5.82 Å². The Morgan fingerprint density at radius 3 is 2.66 bits per heavy atom. The number of aromatic nitrogens is 5. The van der Waals surface area contributed by atoms with Crippen LogP contribution in [0, 0.1) is 11.8 Å². The molecule has 6 rings (SSSR count). The lowest BCUT2D eigenvalue weighted by Gasteiger charge is -2.32. The summed E-state index contributed by atoms with van der Waals surface area (Å²) >= 11 is 0. The van der Waals surface area contributed by atoms with E-state index in [2.05, 4.69) is 30.5 Å². The summed E-state index contributed by atoms with van der Waals surface area (Å²) < 4.78 is 27.6. The molecule has 2 N–H and O–H groups in total. The second kappa shape index (κ2) is 9.10. The topological polar surface area (TPSA) is 91.8 Å². The summed E-state index contributed by atoms with van der Waals surface area (Å²) in [7, 11) is 0. The zero-order chi connectivity index (χ0) is 23.8. The van der Waals surface area contributed by atoms with Gasteiger partial charge in [0.05, 0.1) is 11.7 Å². The van der Waals surface area contributed by atoms with Crippen LogP contribution in [0.4, 0.5) is 26.2 Å². The summed E-state index contributed by atoms with van der Waals surface area (Å²) in [5.74, 6) is 0.567. The molecule has 5 heterocycles. The van der Waals surface area contributed by atoms with E-state index in [0.717, 1.165) is 67.9 Å². The van der Waals surface area contributed by atoms with E-state index in [1.165, 1.54) is 12.0 Å². The van der Waals surface area contributed by atoms with Crippen LogP contribution >= 0.6 is 0 Å². The van der Waals surface area contributed by atoms with Gasteiger partial charge in [0.15, 0.2) is 17.5 Å². The molecule has 0 bridgehead atoms. The van der Waals surface area contributed by atoms with Crippen molar-refractivity contribution < 1.29 is 8.78 Å². The average molecular weight is 475 g/mol. The van der Waals surface area contributed by atoms with E-state index in [1.54, 1.807) is 24.5 Å². The SMILES string of the molecule is Fc1ccc(F)c(Nc2cc(-c3nc(N4CCNCC4)c4c(C5CCC5)cncc4n3)ccn2)n1. The minimum atomic E-state index is -0.779. The maximum atomic E-state index is 14.1. The highest BCUT2D eigenvalue weighted by Crippen LogP contribution is 2.42. The van der Waals surface area contributed by atoms with Gasteiger partial charge in [0.25, 0.3) is 0 Å². The van der Waals surface area contributed by atoms with Gasteiger partial charge in [-0.25, -0.2) is 19.3 Å². The van der Waals surface area contributed by atoms with Crippen molar-refractivity contribution in [2.45, 2.75) is 25.2 Å². The molecule has 2 fully saturated rings. The van der Waals surface area contributed by atoms with Gasteiger partial charge >= 0.3 is 0 Å². The summed E-state index contributed by atoms with van der Waals surface area (Å²) in [5, 5.41) is 7.23. The molecule has 10 heteroatoms. The van der Waals surface area contributed by atoms with Crippen molar-refractivity contribution >= 4 is 28.4 Å². The lowest BCUT2D eigenvalue weighted by Crippen LogP contribution is -2.44. The van der Waals surface area contributed by atoms with Crippen molar-refractivity contribution in [3.8, 4) is 11.4 Å². The molecule has 0 radical (unpaired) electrons. The van der Waals surface area contributed by atoms with Crippen molar-refractivity contribution in [1.29, 1.82) is 0 Å². The highest BCUT2D eigenvalue weighted by Gasteiger charge is 2.26. The van der Waals surface area contributed by atoms with Crippen LogP contribution in [0.5, 0.6) is 0 Å². The van der Waals surface area contributed by atoms with Crippen LogP contribution in [-0.2, 0) is 0 Å². The lowest BCUT2D eigenvalue weighted by molar-refractivity contribution is 0.421. The first-order valence-corrected chi connectivity index (χ1v) is 11.8. The summed E-state index contributed by atoms with van der Waals surface area (Å²) in [6.45, 7) is 3.48. The molecule has 0 unspecified atom stereocenters. The number of piperazine rings is 1. The van der Waals surface area contributed by atoms with E-state index in [0.29, 0.717) is 23.1 Å². The Balaban J connectivity index is 1.44. The van der Waals surface area contributed by atoms with Crippen LogP contribution in [-0.4, -0.2) is 51.1 Å². The van der Waals surface area contributed by atoms with Gasteiger partial charge in [-0.05, 0) is 48.6 Å². The summed E-state index contributed by atoms with van der Waals surface area (Å²) in [4.78, 5) is 24.5. The van der Waals surface area contributed by atoms with Gasteiger partial charge in [0, 0.05) is 49.5 Å². The number of nitrogens with zero attached hydrogens (tertiary/aromatic N) is 6. The van der Waals surface area contributed by atoms with Crippen LogP contribution in [0.1, 0.15) is 30.7 Å². The van der Waals surface area contributed by atoms with Crippen molar-refractivity contribution in [3.05, 3.63) is 60.2 Å². The largest absolute Gasteiger partial charge is 0.353 e. The van der Waals surface area contributed by atoms with Gasteiger partial charge in [-0.3, -0.25) is 4.98 Å². The van der Waals surface area contributed by atoms with Crippen molar-refractivity contribution in [1.82, 2.24) is 30.2 Å². The van der Waals surface area contributed by atoms with Gasteiger partial charge < -0.3 is 15.5 Å². The normalized spacial score (nSPS) is 16.3. The first kappa shape index (κ1) is 21.7. The fourth-order valence-corrected chi connectivity index (χ4v) is 4.62. The van der Waals surface area contributed by atoms with Crippen molar-refractivity contribution in [3.63, 3.8) is 0 Å². The number of rotatable bonds is 5. The van der Waals surface area contributed by atoms with E-state index >= 15 is 0 Å². The maximum Gasteiger partial charge on any atom is 0.214 e. The van der Waals surface area contributed by atoms with Gasteiger partial charge in [-0.15, -0.1) is 0 Å². The summed E-state index contributed by atoms with van der Waals surface area (Å²) in [5.41, 5.74) is 2.72. The Labute approximate surface area is 200 Å². The second-order valence-electron chi connectivity index (χ2n) is 8.88. The molecular formula is C25H24F2N8. The van der Waals surface area contributed by atoms with Crippen LogP contribution in [0.3, 0.4) is 0 Å². The standard InChI is InChI=1S/C25H24F2N8/c26-18-4-5-20(27)32-24(18)33-21-12-16(6-7-30-21)23-31-19-14-29-13-17(15-2-1-3-15)22(19)25(34-23)35-10-8-28-9-11-35/h4-7,12-15,28H,1-3,8-11H2,(H,30,32,33). The minimum Gasteiger partial charge on any atom is -0.353 e. The third kappa shape index (κ3) is 4.25. The predicted molar refractivity (Wildman–Crippen MR) is 130 cm³/mol. The molecule has 2 aliphatic rings. The first-order chi connectivity index (χ1) is 17.2. The maximum absolute atomic E-state index is 14.1. The molecule has 1 saturated heterocycles. The minimum absolute atomic E-state index is 0.232.